The lowest BCUT2D eigenvalue weighted by Gasteiger charge is -2.26. The highest BCUT2D eigenvalue weighted by atomic mass is 16.2. The van der Waals surface area contributed by atoms with Crippen LogP contribution in [0.25, 0.3) is 0 Å². The number of benzene rings is 1. The summed E-state index contributed by atoms with van der Waals surface area (Å²) in [4.78, 5) is 16.0. The standard InChI is InChI=1S/C17H29N3O/c1-13(2)10-14(3)20(6)17(21)18-12-15-8-7-9-16(11-15)19(4)5/h7-9,11,13-14H,10,12H2,1-6H3,(H,18,21)/t14-/m0/s1. The molecule has 1 rings (SSSR count). The monoisotopic (exact) mass is 291 g/mol. The molecule has 118 valence electrons. The van der Waals surface area contributed by atoms with Gasteiger partial charge < -0.3 is 15.1 Å². The SMILES string of the molecule is CC(C)C[C@H](C)N(C)C(=O)NCc1cccc(N(C)C)c1. The van der Waals surface area contributed by atoms with E-state index in [-0.39, 0.29) is 12.1 Å². The first kappa shape index (κ1) is 17.3. The Labute approximate surface area is 129 Å². The number of amides is 2. The van der Waals surface area contributed by atoms with Crippen LogP contribution < -0.4 is 10.2 Å². The van der Waals surface area contributed by atoms with Crippen molar-refractivity contribution in [2.45, 2.75) is 39.8 Å². The lowest BCUT2D eigenvalue weighted by Crippen LogP contribution is -2.42. The van der Waals surface area contributed by atoms with Gasteiger partial charge in [-0.1, -0.05) is 26.0 Å². The number of nitrogens with zero attached hydrogens (tertiary/aromatic N) is 2. The van der Waals surface area contributed by atoms with Gasteiger partial charge in [-0.3, -0.25) is 0 Å². The van der Waals surface area contributed by atoms with Crippen LogP contribution in [0.4, 0.5) is 10.5 Å². The molecule has 0 fully saturated rings. The minimum absolute atomic E-state index is 0.0154. The molecule has 21 heavy (non-hydrogen) atoms. The van der Waals surface area contributed by atoms with Gasteiger partial charge in [-0.2, -0.15) is 0 Å². The lowest BCUT2D eigenvalue weighted by molar-refractivity contribution is 0.186. The van der Waals surface area contributed by atoms with E-state index in [0.29, 0.717) is 12.5 Å². The van der Waals surface area contributed by atoms with Gasteiger partial charge in [0.25, 0.3) is 0 Å². The summed E-state index contributed by atoms with van der Waals surface area (Å²) in [6, 6.07) is 8.43. The van der Waals surface area contributed by atoms with Gasteiger partial charge in [0.1, 0.15) is 0 Å². The number of urea groups is 1. The van der Waals surface area contributed by atoms with Crippen molar-refractivity contribution in [2.75, 3.05) is 26.0 Å². The maximum Gasteiger partial charge on any atom is 0.317 e. The molecule has 0 heterocycles. The first-order valence-corrected chi connectivity index (χ1v) is 7.58. The molecular weight excluding hydrogens is 262 g/mol. The molecule has 0 saturated carbocycles. The zero-order valence-electron chi connectivity index (χ0n) is 14.2. The second-order valence-electron chi connectivity index (χ2n) is 6.31. The highest BCUT2D eigenvalue weighted by molar-refractivity contribution is 5.74. The molecule has 0 bridgehead atoms. The average Bonchev–Trinajstić information content (AvgIpc) is 2.43. The van der Waals surface area contributed by atoms with Crippen LogP contribution >= 0.6 is 0 Å². The third-order valence-corrected chi connectivity index (χ3v) is 3.66. The van der Waals surface area contributed by atoms with Gasteiger partial charge in [0.15, 0.2) is 0 Å². The van der Waals surface area contributed by atoms with Crippen LogP contribution in [0.5, 0.6) is 0 Å². The van der Waals surface area contributed by atoms with Crippen molar-refractivity contribution in [3.8, 4) is 0 Å². The Morgan fingerprint density at radius 2 is 1.86 bits per heavy atom. The van der Waals surface area contributed by atoms with Gasteiger partial charge in [-0.15, -0.1) is 0 Å². The third-order valence-electron chi connectivity index (χ3n) is 3.66. The van der Waals surface area contributed by atoms with Crippen LogP contribution in [0.1, 0.15) is 32.8 Å². The molecule has 0 radical (unpaired) electrons. The average molecular weight is 291 g/mol. The van der Waals surface area contributed by atoms with Crippen molar-refractivity contribution in [3.05, 3.63) is 29.8 Å². The summed E-state index contributed by atoms with van der Waals surface area (Å²) in [6.07, 6.45) is 1.01. The molecule has 0 unspecified atom stereocenters. The highest BCUT2D eigenvalue weighted by Crippen LogP contribution is 2.13. The van der Waals surface area contributed by atoms with E-state index in [1.165, 1.54) is 0 Å². The molecule has 1 aromatic carbocycles. The Hall–Kier alpha value is -1.71. The first-order valence-electron chi connectivity index (χ1n) is 7.58. The van der Waals surface area contributed by atoms with E-state index in [4.69, 9.17) is 0 Å². The lowest BCUT2D eigenvalue weighted by atomic mass is 10.0. The second-order valence-corrected chi connectivity index (χ2v) is 6.31. The molecule has 4 heteroatoms. The van der Waals surface area contributed by atoms with Crippen LogP contribution in [-0.2, 0) is 6.54 Å². The van der Waals surface area contributed by atoms with E-state index in [9.17, 15) is 4.79 Å². The molecule has 0 aromatic heterocycles. The van der Waals surface area contributed by atoms with E-state index in [1.54, 1.807) is 4.90 Å². The number of anilines is 1. The summed E-state index contributed by atoms with van der Waals surface area (Å²) < 4.78 is 0. The minimum atomic E-state index is -0.0154. The molecule has 0 aliphatic heterocycles. The van der Waals surface area contributed by atoms with Crippen LogP contribution in [0, 0.1) is 5.92 Å². The van der Waals surface area contributed by atoms with E-state index < -0.39 is 0 Å². The number of carbonyl (C=O) groups is 1. The molecule has 1 atom stereocenters. The smallest absolute Gasteiger partial charge is 0.317 e. The highest BCUT2D eigenvalue weighted by Gasteiger charge is 2.16. The fraction of sp³-hybridized carbons (Fsp3) is 0.588. The number of carbonyl (C=O) groups excluding carboxylic acids is 1. The summed E-state index contributed by atoms with van der Waals surface area (Å²) in [7, 11) is 5.89. The summed E-state index contributed by atoms with van der Waals surface area (Å²) in [5, 5.41) is 2.99. The van der Waals surface area contributed by atoms with Crippen molar-refractivity contribution in [2.24, 2.45) is 5.92 Å². The quantitative estimate of drug-likeness (QED) is 0.872. The van der Waals surface area contributed by atoms with Crippen molar-refractivity contribution >= 4 is 11.7 Å². The fourth-order valence-electron chi connectivity index (χ4n) is 2.29. The Kier molecular flexibility index (Phi) is 6.53. The molecule has 0 spiro atoms. The molecular formula is C17H29N3O. The Morgan fingerprint density at radius 3 is 2.43 bits per heavy atom. The van der Waals surface area contributed by atoms with Crippen LogP contribution in [-0.4, -0.2) is 38.1 Å². The molecule has 1 N–H and O–H groups in total. The van der Waals surface area contributed by atoms with E-state index in [2.05, 4.69) is 43.1 Å². The van der Waals surface area contributed by atoms with Gasteiger partial charge in [0.2, 0.25) is 0 Å². The maximum absolute atomic E-state index is 12.2. The van der Waals surface area contributed by atoms with Gasteiger partial charge in [-0.25, -0.2) is 4.79 Å². The van der Waals surface area contributed by atoms with Crippen molar-refractivity contribution < 1.29 is 4.79 Å². The number of hydrogen-bond acceptors (Lipinski definition) is 2. The molecule has 0 aliphatic rings. The summed E-state index contributed by atoms with van der Waals surface area (Å²) in [5.41, 5.74) is 2.25. The van der Waals surface area contributed by atoms with Crippen molar-refractivity contribution in [1.29, 1.82) is 0 Å². The number of rotatable bonds is 6. The molecule has 2 amide bonds. The van der Waals surface area contributed by atoms with Crippen molar-refractivity contribution in [3.63, 3.8) is 0 Å². The third kappa shape index (κ3) is 5.66. The molecule has 0 aliphatic carbocycles. The largest absolute Gasteiger partial charge is 0.378 e. The van der Waals surface area contributed by atoms with Gasteiger partial charge in [-0.05, 0) is 37.0 Å². The maximum atomic E-state index is 12.2. The van der Waals surface area contributed by atoms with Gasteiger partial charge in [0.05, 0.1) is 0 Å². The number of hydrogen-bond donors (Lipinski definition) is 1. The summed E-state index contributed by atoms with van der Waals surface area (Å²) in [6.45, 7) is 7.00. The van der Waals surface area contributed by atoms with E-state index in [0.717, 1.165) is 17.7 Å². The zero-order valence-corrected chi connectivity index (χ0v) is 14.2. The van der Waals surface area contributed by atoms with Gasteiger partial charge >= 0.3 is 6.03 Å². The van der Waals surface area contributed by atoms with E-state index in [1.807, 2.05) is 33.3 Å². The summed E-state index contributed by atoms with van der Waals surface area (Å²) >= 11 is 0. The van der Waals surface area contributed by atoms with Crippen LogP contribution in [0.2, 0.25) is 0 Å². The van der Waals surface area contributed by atoms with Crippen molar-refractivity contribution in [1.82, 2.24) is 10.2 Å². The fourth-order valence-corrected chi connectivity index (χ4v) is 2.29. The first-order chi connectivity index (χ1) is 9.81. The minimum Gasteiger partial charge on any atom is -0.378 e. The Morgan fingerprint density at radius 1 is 1.19 bits per heavy atom. The topological polar surface area (TPSA) is 35.6 Å². The van der Waals surface area contributed by atoms with E-state index >= 15 is 0 Å². The summed E-state index contributed by atoms with van der Waals surface area (Å²) in [5.74, 6) is 0.590. The Bertz CT molecular complexity index is 457. The Balaban J connectivity index is 2.54. The predicted octanol–water partition coefficient (Wildman–Crippen LogP) is 3.33. The molecule has 0 saturated heterocycles. The molecule has 1 aromatic rings. The van der Waals surface area contributed by atoms with Crippen LogP contribution in [0.15, 0.2) is 24.3 Å². The number of nitrogens with one attached hydrogen (secondary N) is 1. The normalized spacial score (nSPS) is 12.1. The second kappa shape index (κ2) is 7.91. The van der Waals surface area contributed by atoms with Crippen LogP contribution in [0.3, 0.4) is 0 Å². The zero-order chi connectivity index (χ0) is 16.0. The molecule has 4 nitrogen and oxygen atoms in total. The van der Waals surface area contributed by atoms with Gasteiger partial charge in [0, 0.05) is 39.4 Å². The predicted molar refractivity (Wildman–Crippen MR) is 89.7 cm³/mol.